The molecule has 0 spiro atoms. The van der Waals surface area contributed by atoms with Crippen molar-refractivity contribution in [1.29, 1.82) is 0 Å². The predicted octanol–water partition coefficient (Wildman–Crippen LogP) is 1.66. The van der Waals surface area contributed by atoms with Crippen LogP contribution in [0.25, 0.3) is 0 Å². The number of thiazole rings is 1. The number of nitrogens with zero attached hydrogens (tertiary/aromatic N) is 2. The van der Waals surface area contributed by atoms with Gasteiger partial charge in [-0.05, 0) is 12.1 Å². The first-order valence-corrected chi connectivity index (χ1v) is 8.85. The number of carbonyl (C=O) groups excluding carboxylic acids is 2. The smallest absolute Gasteiger partial charge is 0.387 e. The average Bonchev–Trinajstić information content (AvgIpc) is 3.17. The Bertz CT molecular complexity index is 811. The second-order valence-corrected chi connectivity index (χ2v) is 6.23. The van der Waals surface area contributed by atoms with E-state index in [0.717, 1.165) is 0 Å². The highest BCUT2D eigenvalue weighted by Crippen LogP contribution is 2.22. The van der Waals surface area contributed by atoms with Crippen LogP contribution < -0.4 is 20.5 Å². The minimum absolute atomic E-state index is 0.134. The Morgan fingerprint density at radius 1 is 1.19 bits per heavy atom. The summed E-state index contributed by atoms with van der Waals surface area (Å²) in [5.74, 6) is -1.70. The van der Waals surface area contributed by atoms with E-state index in [9.17, 15) is 18.4 Å². The van der Waals surface area contributed by atoms with Crippen LogP contribution >= 0.6 is 11.3 Å². The first kappa shape index (κ1) is 19.0. The molecule has 2 heterocycles. The number of para-hydroxylation sites is 1. The summed E-state index contributed by atoms with van der Waals surface area (Å²) in [7, 11) is 0. The van der Waals surface area contributed by atoms with Crippen LogP contribution in [0.2, 0.25) is 0 Å². The summed E-state index contributed by atoms with van der Waals surface area (Å²) in [5.41, 5.74) is 4.38. The van der Waals surface area contributed by atoms with Crippen molar-refractivity contribution >= 4 is 28.3 Å². The van der Waals surface area contributed by atoms with E-state index in [2.05, 4.69) is 20.6 Å². The normalized spacial score (nSPS) is 14.1. The first-order chi connectivity index (χ1) is 13.0. The van der Waals surface area contributed by atoms with Crippen molar-refractivity contribution in [3.8, 4) is 5.75 Å². The lowest BCUT2D eigenvalue weighted by Gasteiger charge is -2.25. The van der Waals surface area contributed by atoms with Crippen LogP contribution in [0.1, 0.15) is 20.8 Å². The Hall–Kier alpha value is -2.79. The van der Waals surface area contributed by atoms with Crippen molar-refractivity contribution in [3.63, 3.8) is 0 Å². The number of ether oxygens (including phenoxy) is 2. The van der Waals surface area contributed by atoms with Gasteiger partial charge in [0, 0.05) is 18.5 Å². The van der Waals surface area contributed by atoms with Crippen molar-refractivity contribution in [1.82, 2.24) is 15.8 Å². The maximum Gasteiger partial charge on any atom is 0.387 e. The van der Waals surface area contributed by atoms with Gasteiger partial charge < -0.3 is 14.4 Å². The number of anilines is 1. The van der Waals surface area contributed by atoms with E-state index in [1.54, 1.807) is 5.38 Å². The van der Waals surface area contributed by atoms with Gasteiger partial charge in [0.1, 0.15) is 11.4 Å². The molecule has 2 aromatic rings. The molecule has 2 amide bonds. The molecule has 144 valence electrons. The lowest BCUT2D eigenvalue weighted by molar-refractivity contribution is -0.0501. The molecule has 1 aliphatic rings. The average molecular weight is 398 g/mol. The fraction of sp³-hybridized carbons (Fsp3) is 0.312. The number of halogens is 2. The number of amides is 2. The van der Waals surface area contributed by atoms with E-state index in [1.165, 1.54) is 35.6 Å². The lowest BCUT2D eigenvalue weighted by atomic mass is 10.2. The number of nitrogens with one attached hydrogen (secondary N) is 2. The molecular weight excluding hydrogens is 382 g/mol. The summed E-state index contributed by atoms with van der Waals surface area (Å²) < 4.78 is 34.4. The molecule has 0 bridgehead atoms. The van der Waals surface area contributed by atoms with E-state index in [-0.39, 0.29) is 17.0 Å². The van der Waals surface area contributed by atoms with Crippen LogP contribution in [-0.2, 0) is 4.74 Å². The number of morpholine rings is 1. The van der Waals surface area contributed by atoms with E-state index < -0.39 is 18.4 Å². The third-order valence-electron chi connectivity index (χ3n) is 3.64. The second kappa shape index (κ2) is 8.73. The van der Waals surface area contributed by atoms with Gasteiger partial charge in [-0.1, -0.05) is 12.1 Å². The fourth-order valence-corrected chi connectivity index (χ4v) is 3.23. The van der Waals surface area contributed by atoms with E-state index >= 15 is 0 Å². The van der Waals surface area contributed by atoms with E-state index in [1.807, 2.05) is 4.90 Å². The third kappa shape index (κ3) is 4.89. The van der Waals surface area contributed by atoms with Crippen molar-refractivity contribution in [2.45, 2.75) is 6.61 Å². The van der Waals surface area contributed by atoms with Crippen LogP contribution in [0.15, 0.2) is 29.6 Å². The van der Waals surface area contributed by atoms with E-state index in [4.69, 9.17) is 4.74 Å². The zero-order chi connectivity index (χ0) is 19.2. The third-order valence-corrected chi connectivity index (χ3v) is 4.55. The quantitative estimate of drug-likeness (QED) is 0.745. The zero-order valence-electron chi connectivity index (χ0n) is 14.0. The number of carbonyl (C=O) groups is 2. The van der Waals surface area contributed by atoms with Crippen LogP contribution in [0.5, 0.6) is 5.75 Å². The van der Waals surface area contributed by atoms with Gasteiger partial charge >= 0.3 is 6.61 Å². The summed E-state index contributed by atoms with van der Waals surface area (Å²) in [4.78, 5) is 30.6. The van der Waals surface area contributed by atoms with Crippen LogP contribution in [0, 0.1) is 0 Å². The number of hydrogen-bond acceptors (Lipinski definition) is 7. The van der Waals surface area contributed by atoms with Gasteiger partial charge in [0.2, 0.25) is 0 Å². The van der Waals surface area contributed by atoms with Gasteiger partial charge in [-0.3, -0.25) is 20.4 Å². The summed E-state index contributed by atoms with van der Waals surface area (Å²) in [6.45, 7) is -0.505. The standard InChI is InChI=1S/C16H16F2N4O4S/c17-15(18)26-12-4-2-1-3-10(12)13(23)20-21-14(24)11-9-27-16(19-11)22-5-7-25-8-6-22/h1-4,9,15H,5-8H2,(H,20,23)(H,21,24). The molecule has 0 radical (unpaired) electrons. The Morgan fingerprint density at radius 2 is 1.89 bits per heavy atom. The molecule has 11 heteroatoms. The molecule has 1 aromatic heterocycles. The Morgan fingerprint density at radius 3 is 2.63 bits per heavy atom. The molecule has 27 heavy (non-hydrogen) atoms. The molecule has 0 atom stereocenters. The summed E-state index contributed by atoms with van der Waals surface area (Å²) >= 11 is 1.31. The van der Waals surface area contributed by atoms with Crippen molar-refractivity contribution in [3.05, 3.63) is 40.9 Å². The van der Waals surface area contributed by atoms with Gasteiger partial charge in [-0.2, -0.15) is 8.78 Å². The molecule has 0 unspecified atom stereocenters. The lowest BCUT2D eigenvalue weighted by Crippen LogP contribution is -2.42. The SMILES string of the molecule is O=C(NNC(=O)c1ccccc1OC(F)F)c1csc(N2CCOCC2)n1. The molecule has 1 saturated heterocycles. The molecule has 3 rings (SSSR count). The van der Waals surface area contributed by atoms with Crippen LogP contribution in [-0.4, -0.2) is 49.7 Å². The molecule has 1 aromatic carbocycles. The molecule has 2 N–H and O–H groups in total. The van der Waals surface area contributed by atoms with Gasteiger partial charge in [-0.25, -0.2) is 4.98 Å². The maximum absolute atomic E-state index is 12.4. The number of aromatic nitrogens is 1. The van der Waals surface area contributed by atoms with E-state index in [0.29, 0.717) is 31.4 Å². The number of rotatable bonds is 5. The summed E-state index contributed by atoms with van der Waals surface area (Å²) in [5, 5.41) is 2.26. The highest BCUT2D eigenvalue weighted by molar-refractivity contribution is 7.13. The van der Waals surface area contributed by atoms with Crippen molar-refractivity contribution in [2.24, 2.45) is 0 Å². The van der Waals surface area contributed by atoms with Crippen LogP contribution in [0.4, 0.5) is 13.9 Å². The molecule has 1 fully saturated rings. The van der Waals surface area contributed by atoms with Crippen LogP contribution in [0.3, 0.4) is 0 Å². The topological polar surface area (TPSA) is 92.8 Å². The Kier molecular flexibility index (Phi) is 6.14. The molecule has 0 saturated carbocycles. The highest BCUT2D eigenvalue weighted by atomic mass is 32.1. The Balaban J connectivity index is 1.59. The largest absolute Gasteiger partial charge is 0.434 e. The molecular formula is C16H16F2N4O4S. The summed E-state index contributed by atoms with van der Waals surface area (Å²) in [6.07, 6.45) is 0. The molecule has 0 aliphatic carbocycles. The van der Waals surface area contributed by atoms with Crippen molar-refractivity contribution < 1.29 is 27.8 Å². The van der Waals surface area contributed by atoms with Gasteiger partial charge in [0.15, 0.2) is 5.13 Å². The predicted molar refractivity (Wildman–Crippen MR) is 93.2 cm³/mol. The van der Waals surface area contributed by atoms with Gasteiger partial charge in [0.25, 0.3) is 11.8 Å². The van der Waals surface area contributed by atoms with Gasteiger partial charge in [-0.15, -0.1) is 11.3 Å². The number of hydrogen-bond donors (Lipinski definition) is 2. The second-order valence-electron chi connectivity index (χ2n) is 5.40. The monoisotopic (exact) mass is 398 g/mol. The molecule has 1 aliphatic heterocycles. The number of hydrazine groups is 1. The highest BCUT2D eigenvalue weighted by Gasteiger charge is 2.19. The molecule has 8 nitrogen and oxygen atoms in total. The summed E-state index contributed by atoms with van der Waals surface area (Å²) in [6, 6.07) is 5.48. The number of alkyl halides is 2. The van der Waals surface area contributed by atoms with Gasteiger partial charge in [0.05, 0.1) is 18.8 Å². The fourth-order valence-electron chi connectivity index (χ4n) is 2.37. The zero-order valence-corrected chi connectivity index (χ0v) is 14.8. The Labute approximate surface area is 157 Å². The minimum Gasteiger partial charge on any atom is -0.434 e. The minimum atomic E-state index is -3.07. The van der Waals surface area contributed by atoms with Crippen molar-refractivity contribution in [2.75, 3.05) is 31.2 Å². The first-order valence-electron chi connectivity index (χ1n) is 7.97. The maximum atomic E-state index is 12.4. The number of benzene rings is 1.